The lowest BCUT2D eigenvalue weighted by atomic mass is 10.2. The first-order valence-corrected chi connectivity index (χ1v) is 11.3. The van der Waals surface area contributed by atoms with Crippen molar-refractivity contribution < 1.29 is 23.5 Å². The van der Waals surface area contributed by atoms with Crippen LogP contribution in [-0.4, -0.2) is 47.4 Å². The fourth-order valence-corrected chi connectivity index (χ4v) is 5.01. The van der Waals surface area contributed by atoms with Crippen LogP contribution in [0.5, 0.6) is 5.75 Å². The number of nitrogens with zero attached hydrogens (tertiary/aromatic N) is 1. The molecule has 0 bridgehead atoms. The van der Waals surface area contributed by atoms with Gasteiger partial charge in [-0.25, -0.2) is 0 Å². The van der Waals surface area contributed by atoms with E-state index >= 15 is 0 Å². The number of thiophene rings is 1. The van der Waals surface area contributed by atoms with Gasteiger partial charge in [-0.3, -0.25) is 14.4 Å². The van der Waals surface area contributed by atoms with Gasteiger partial charge in [0, 0.05) is 11.4 Å². The number of anilines is 2. The molecule has 0 spiro atoms. The Hall–Kier alpha value is -3.24. The molecule has 10 heteroatoms. The highest BCUT2D eigenvalue weighted by molar-refractivity contribution is 7.99. The number of hydrogen-bond acceptors (Lipinski definition) is 7. The second-order valence-electron chi connectivity index (χ2n) is 6.60. The van der Waals surface area contributed by atoms with Crippen LogP contribution in [0.25, 0.3) is 0 Å². The van der Waals surface area contributed by atoms with Crippen LogP contribution in [0.2, 0.25) is 0 Å². The topological polar surface area (TPSA) is 101 Å². The van der Waals surface area contributed by atoms with E-state index in [1.54, 1.807) is 60.5 Å². The van der Waals surface area contributed by atoms with Gasteiger partial charge in [-0.15, -0.1) is 23.1 Å². The number of amides is 3. The molecular formula is C21H19N3O5S2. The highest BCUT2D eigenvalue weighted by atomic mass is 32.2. The average molecular weight is 458 g/mol. The summed E-state index contributed by atoms with van der Waals surface area (Å²) in [6, 6.07) is 12.9. The molecule has 3 amide bonds. The zero-order chi connectivity index (χ0) is 21.8. The molecule has 1 aliphatic heterocycles. The Balaban J connectivity index is 1.41. The zero-order valence-corrected chi connectivity index (χ0v) is 18.1. The molecule has 1 unspecified atom stereocenters. The smallest absolute Gasteiger partial charge is 0.291 e. The molecule has 3 aromatic rings. The summed E-state index contributed by atoms with van der Waals surface area (Å²) in [6.45, 7) is 0. The molecule has 0 aliphatic carbocycles. The van der Waals surface area contributed by atoms with Gasteiger partial charge in [0.1, 0.15) is 11.8 Å². The molecule has 4 rings (SSSR count). The van der Waals surface area contributed by atoms with E-state index in [2.05, 4.69) is 10.6 Å². The van der Waals surface area contributed by atoms with E-state index in [9.17, 15) is 14.4 Å². The standard InChI is InChI=1S/C21H19N3O5S2/c1-28-14-6-4-13(5-7-14)22-19(25)15-11-30-12-24(15)21(27)17-8-9-18(31-17)23-20(26)16-3-2-10-29-16/h2-10,15H,11-12H2,1H3,(H,22,25)(H,23,26). The third kappa shape index (κ3) is 4.75. The van der Waals surface area contributed by atoms with Crippen LogP contribution >= 0.6 is 23.1 Å². The number of rotatable bonds is 6. The monoisotopic (exact) mass is 457 g/mol. The minimum atomic E-state index is -0.581. The van der Waals surface area contributed by atoms with E-state index in [0.717, 1.165) is 11.3 Å². The third-order valence-corrected chi connectivity index (χ3v) is 6.60. The predicted octanol–water partition coefficient (Wildman–Crippen LogP) is 3.76. The fraction of sp³-hybridized carbons (Fsp3) is 0.190. The number of ether oxygens (including phenoxy) is 1. The van der Waals surface area contributed by atoms with Crippen LogP contribution in [0.4, 0.5) is 10.7 Å². The molecule has 1 aliphatic rings. The van der Waals surface area contributed by atoms with Gasteiger partial charge < -0.3 is 24.7 Å². The molecule has 2 N–H and O–H groups in total. The van der Waals surface area contributed by atoms with Gasteiger partial charge in [0.2, 0.25) is 5.91 Å². The van der Waals surface area contributed by atoms with Gasteiger partial charge in [-0.05, 0) is 48.5 Å². The first-order chi connectivity index (χ1) is 15.0. The van der Waals surface area contributed by atoms with Crippen molar-refractivity contribution in [3.63, 3.8) is 0 Å². The van der Waals surface area contributed by atoms with E-state index in [1.165, 1.54) is 18.0 Å². The molecule has 160 valence electrons. The SMILES string of the molecule is COc1ccc(NC(=O)C2CSCN2C(=O)c2ccc(NC(=O)c3ccco3)s2)cc1. The van der Waals surface area contributed by atoms with Crippen molar-refractivity contribution in [2.75, 3.05) is 29.4 Å². The quantitative estimate of drug-likeness (QED) is 0.585. The summed E-state index contributed by atoms with van der Waals surface area (Å²) in [5.41, 5.74) is 0.633. The number of benzene rings is 1. The summed E-state index contributed by atoms with van der Waals surface area (Å²) in [6.07, 6.45) is 1.42. The van der Waals surface area contributed by atoms with E-state index < -0.39 is 6.04 Å². The highest BCUT2D eigenvalue weighted by Gasteiger charge is 2.35. The average Bonchev–Trinajstić information content (AvgIpc) is 3.55. The maximum Gasteiger partial charge on any atom is 0.291 e. The van der Waals surface area contributed by atoms with Crippen molar-refractivity contribution in [2.24, 2.45) is 0 Å². The summed E-state index contributed by atoms with van der Waals surface area (Å²) in [7, 11) is 1.57. The number of thioether (sulfide) groups is 1. The van der Waals surface area contributed by atoms with Gasteiger partial charge in [0.25, 0.3) is 11.8 Å². The van der Waals surface area contributed by atoms with E-state index in [-0.39, 0.29) is 23.5 Å². The molecule has 0 radical (unpaired) electrons. The second kappa shape index (κ2) is 9.27. The molecule has 1 fully saturated rings. The van der Waals surface area contributed by atoms with Crippen LogP contribution in [0, 0.1) is 0 Å². The Morgan fingerprint density at radius 2 is 1.90 bits per heavy atom. The van der Waals surface area contributed by atoms with Crippen molar-refractivity contribution in [1.82, 2.24) is 4.90 Å². The molecule has 0 saturated carbocycles. The van der Waals surface area contributed by atoms with Crippen molar-refractivity contribution >= 4 is 51.5 Å². The summed E-state index contributed by atoms with van der Waals surface area (Å²) >= 11 is 2.68. The summed E-state index contributed by atoms with van der Waals surface area (Å²) in [5, 5.41) is 6.08. The molecule has 8 nitrogen and oxygen atoms in total. The third-order valence-electron chi connectivity index (χ3n) is 4.60. The van der Waals surface area contributed by atoms with Crippen molar-refractivity contribution in [1.29, 1.82) is 0 Å². The molecule has 1 atom stereocenters. The zero-order valence-electron chi connectivity index (χ0n) is 16.5. The fourth-order valence-electron chi connectivity index (χ4n) is 3.00. The Labute approximate surface area is 186 Å². The molecule has 2 aromatic heterocycles. The van der Waals surface area contributed by atoms with E-state index in [0.29, 0.717) is 32.9 Å². The lowest BCUT2D eigenvalue weighted by Gasteiger charge is -2.22. The van der Waals surface area contributed by atoms with Crippen molar-refractivity contribution in [3.05, 3.63) is 65.4 Å². The Bertz CT molecular complexity index is 1080. The van der Waals surface area contributed by atoms with Gasteiger partial charge in [-0.2, -0.15) is 0 Å². The summed E-state index contributed by atoms with van der Waals surface area (Å²) < 4.78 is 10.2. The molecule has 3 heterocycles. The maximum atomic E-state index is 13.0. The van der Waals surface area contributed by atoms with Gasteiger partial charge in [0.05, 0.1) is 29.1 Å². The Kier molecular flexibility index (Phi) is 6.28. The summed E-state index contributed by atoms with van der Waals surface area (Å²) in [4.78, 5) is 39.9. The lowest BCUT2D eigenvalue weighted by Crippen LogP contribution is -2.44. The maximum absolute atomic E-state index is 13.0. The Morgan fingerprint density at radius 3 is 2.61 bits per heavy atom. The van der Waals surface area contributed by atoms with E-state index in [1.807, 2.05) is 0 Å². The molecule has 31 heavy (non-hydrogen) atoms. The minimum absolute atomic E-state index is 0.187. The first kappa shape index (κ1) is 21.0. The molecule has 1 aromatic carbocycles. The first-order valence-electron chi connectivity index (χ1n) is 9.33. The van der Waals surface area contributed by atoms with Crippen LogP contribution in [0.1, 0.15) is 20.2 Å². The molecule has 1 saturated heterocycles. The number of hydrogen-bond donors (Lipinski definition) is 2. The van der Waals surface area contributed by atoms with Crippen molar-refractivity contribution in [2.45, 2.75) is 6.04 Å². The normalized spacial score (nSPS) is 15.5. The largest absolute Gasteiger partial charge is 0.497 e. The number of nitrogens with one attached hydrogen (secondary N) is 2. The van der Waals surface area contributed by atoms with Crippen LogP contribution in [-0.2, 0) is 4.79 Å². The second-order valence-corrected chi connectivity index (χ2v) is 8.69. The van der Waals surface area contributed by atoms with Crippen LogP contribution < -0.4 is 15.4 Å². The van der Waals surface area contributed by atoms with E-state index in [4.69, 9.17) is 9.15 Å². The van der Waals surface area contributed by atoms with Crippen LogP contribution in [0.3, 0.4) is 0 Å². The number of furan rings is 1. The minimum Gasteiger partial charge on any atom is -0.497 e. The van der Waals surface area contributed by atoms with Crippen molar-refractivity contribution in [3.8, 4) is 5.75 Å². The Morgan fingerprint density at radius 1 is 1.10 bits per heavy atom. The highest BCUT2D eigenvalue weighted by Crippen LogP contribution is 2.29. The van der Waals surface area contributed by atoms with Gasteiger partial charge >= 0.3 is 0 Å². The molecular weight excluding hydrogens is 438 g/mol. The number of carbonyl (C=O) groups is 3. The van der Waals surface area contributed by atoms with Crippen LogP contribution in [0.15, 0.2) is 59.2 Å². The predicted molar refractivity (Wildman–Crippen MR) is 120 cm³/mol. The summed E-state index contributed by atoms with van der Waals surface area (Å²) in [5.74, 6) is 0.938. The number of carbonyl (C=O) groups excluding carboxylic acids is 3. The van der Waals surface area contributed by atoms with Gasteiger partial charge in [0.15, 0.2) is 5.76 Å². The van der Waals surface area contributed by atoms with Gasteiger partial charge in [-0.1, -0.05) is 0 Å². The lowest BCUT2D eigenvalue weighted by molar-refractivity contribution is -0.119. The number of methoxy groups -OCH3 is 1.